The molecule has 1 aromatic heterocycles. The van der Waals surface area contributed by atoms with E-state index < -0.39 is 10.0 Å². The molecule has 2 atom stereocenters. The van der Waals surface area contributed by atoms with Crippen molar-refractivity contribution in [2.45, 2.75) is 31.0 Å². The number of carbonyl (C=O) groups excluding carboxylic acids is 1. The number of hydrogen-bond acceptors (Lipinski definition) is 5. The molecule has 0 saturated carbocycles. The highest BCUT2D eigenvalue weighted by Gasteiger charge is 2.39. The first-order valence-corrected chi connectivity index (χ1v) is 11.5. The topological polar surface area (TPSA) is 79.4 Å². The average Bonchev–Trinajstić information content (AvgIpc) is 3.07. The predicted octanol–water partition coefficient (Wildman–Crippen LogP) is 3.07. The highest BCUT2D eigenvalue weighted by atomic mass is 32.2. The summed E-state index contributed by atoms with van der Waals surface area (Å²) in [6, 6.07) is 9.50. The van der Waals surface area contributed by atoms with Gasteiger partial charge in [-0.25, -0.2) is 13.4 Å². The fourth-order valence-electron chi connectivity index (χ4n) is 3.65. The fraction of sp³-hybridized carbons (Fsp3) is 0.400. The van der Waals surface area contributed by atoms with Crippen molar-refractivity contribution >= 4 is 27.3 Å². The van der Waals surface area contributed by atoms with E-state index in [4.69, 9.17) is 0 Å². The molecule has 1 aliphatic rings. The third kappa shape index (κ3) is 4.04. The summed E-state index contributed by atoms with van der Waals surface area (Å²) < 4.78 is 28.5. The van der Waals surface area contributed by atoms with Crippen LogP contribution in [-0.2, 0) is 14.8 Å². The van der Waals surface area contributed by atoms with Gasteiger partial charge in [0.25, 0.3) is 10.0 Å². The third-order valence-corrected chi connectivity index (χ3v) is 8.68. The quantitative estimate of drug-likeness (QED) is 0.756. The van der Waals surface area contributed by atoms with Crippen LogP contribution in [-0.4, -0.2) is 42.7 Å². The zero-order chi connectivity index (χ0) is 20.5. The van der Waals surface area contributed by atoms with Crippen LogP contribution in [0.1, 0.15) is 19.5 Å². The van der Waals surface area contributed by atoms with Crippen LogP contribution >= 0.6 is 11.3 Å². The van der Waals surface area contributed by atoms with Crippen molar-refractivity contribution in [2.75, 3.05) is 13.1 Å². The van der Waals surface area contributed by atoms with E-state index in [1.165, 1.54) is 21.7 Å². The average molecular weight is 420 g/mol. The molecule has 28 heavy (non-hydrogen) atoms. The fourth-order valence-corrected chi connectivity index (χ4v) is 6.95. The van der Waals surface area contributed by atoms with Crippen LogP contribution < -0.4 is 5.32 Å². The van der Waals surface area contributed by atoms with Gasteiger partial charge in [-0.1, -0.05) is 50.8 Å². The van der Waals surface area contributed by atoms with E-state index in [2.05, 4.69) is 16.9 Å². The first-order chi connectivity index (χ1) is 13.2. The Balaban J connectivity index is 1.85. The number of piperidine rings is 1. The number of thiazole rings is 1. The Morgan fingerprint density at radius 2 is 1.86 bits per heavy atom. The van der Waals surface area contributed by atoms with Crippen LogP contribution in [0.15, 0.2) is 47.2 Å². The van der Waals surface area contributed by atoms with Gasteiger partial charge in [-0.05, 0) is 24.8 Å². The molecule has 1 saturated heterocycles. The lowest BCUT2D eigenvalue weighted by Crippen LogP contribution is -2.55. The number of sulfonamides is 1. The molecule has 0 bridgehead atoms. The zero-order valence-corrected chi connectivity index (χ0v) is 17.9. The van der Waals surface area contributed by atoms with Crippen LogP contribution in [0.4, 0.5) is 0 Å². The van der Waals surface area contributed by atoms with Gasteiger partial charge in [0, 0.05) is 24.7 Å². The van der Waals surface area contributed by atoms with Crippen molar-refractivity contribution in [3.05, 3.63) is 48.7 Å². The molecule has 2 aromatic rings. The second-order valence-corrected chi connectivity index (χ2v) is 10.4. The number of nitrogens with zero attached hydrogens (tertiary/aromatic N) is 2. The Hall–Kier alpha value is -2.03. The maximum Gasteiger partial charge on any atom is 0.254 e. The lowest BCUT2D eigenvalue weighted by atomic mass is 9.87. The van der Waals surface area contributed by atoms with Gasteiger partial charge in [0.1, 0.15) is 5.01 Å². The van der Waals surface area contributed by atoms with Crippen LogP contribution in [0.5, 0.6) is 0 Å². The van der Waals surface area contributed by atoms with Crippen molar-refractivity contribution in [1.82, 2.24) is 14.6 Å². The Morgan fingerprint density at radius 3 is 2.43 bits per heavy atom. The van der Waals surface area contributed by atoms with Gasteiger partial charge in [0.15, 0.2) is 4.21 Å². The number of amides is 1. The maximum absolute atomic E-state index is 13.3. The number of carbonyl (C=O) groups is 1. The molecule has 0 spiro atoms. The lowest BCUT2D eigenvalue weighted by molar-refractivity contribution is -0.118. The van der Waals surface area contributed by atoms with E-state index in [-0.39, 0.29) is 23.8 Å². The van der Waals surface area contributed by atoms with Gasteiger partial charge in [-0.2, -0.15) is 4.31 Å². The van der Waals surface area contributed by atoms with E-state index in [1.807, 2.05) is 44.2 Å². The SMILES string of the molecule is C=CC(=O)NC1C(C)CN(S(=O)(=O)c2sc(-c3ccccc3)nc2C)CC1C. The third-order valence-electron chi connectivity index (χ3n) is 5.05. The van der Waals surface area contributed by atoms with E-state index in [1.54, 1.807) is 6.92 Å². The van der Waals surface area contributed by atoms with E-state index in [9.17, 15) is 13.2 Å². The minimum Gasteiger partial charge on any atom is -0.349 e. The molecule has 1 N–H and O–H groups in total. The van der Waals surface area contributed by atoms with Gasteiger partial charge in [-0.15, -0.1) is 11.3 Å². The van der Waals surface area contributed by atoms with Crippen molar-refractivity contribution in [3.8, 4) is 10.6 Å². The van der Waals surface area contributed by atoms with Gasteiger partial charge >= 0.3 is 0 Å². The summed E-state index contributed by atoms with van der Waals surface area (Å²) in [5.74, 6) is -0.251. The standard InChI is InChI=1S/C20H25N3O3S2/c1-5-17(24)22-18-13(2)11-23(12-14(18)3)28(25,26)20-15(4)21-19(27-20)16-9-7-6-8-10-16/h5-10,13-14,18H,1,11-12H2,2-4H3,(H,22,24). The number of nitrogens with one attached hydrogen (secondary N) is 1. The Bertz CT molecular complexity index is 958. The molecule has 8 heteroatoms. The summed E-state index contributed by atoms with van der Waals surface area (Å²) >= 11 is 1.21. The summed E-state index contributed by atoms with van der Waals surface area (Å²) in [7, 11) is -3.65. The molecule has 0 aliphatic carbocycles. The number of hydrogen-bond donors (Lipinski definition) is 1. The zero-order valence-electron chi connectivity index (χ0n) is 16.3. The highest BCUT2D eigenvalue weighted by molar-refractivity contribution is 7.91. The van der Waals surface area contributed by atoms with Gasteiger partial charge in [-0.3, -0.25) is 4.79 Å². The second kappa shape index (κ2) is 8.14. The summed E-state index contributed by atoms with van der Waals surface area (Å²) in [4.78, 5) is 16.2. The second-order valence-electron chi connectivity index (χ2n) is 7.27. The van der Waals surface area contributed by atoms with Gasteiger partial charge in [0.05, 0.1) is 5.69 Å². The van der Waals surface area contributed by atoms with Crippen LogP contribution in [0.3, 0.4) is 0 Å². The number of aryl methyl sites for hydroxylation is 1. The summed E-state index contributed by atoms with van der Waals surface area (Å²) in [5.41, 5.74) is 1.43. The lowest BCUT2D eigenvalue weighted by Gasteiger charge is -2.40. The molecule has 150 valence electrons. The smallest absolute Gasteiger partial charge is 0.254 e. The van der Waals surface area contributed by atoms with E-state index in [0.717, 1.165) is 5.56 Å². The maximum atomic E-state index is 13.3. The monoisotopic (exact) mass is 419 g/mol. The van der Waals surface area contributed by atoms with Crippen LogP contribution in [0.2, 0.25) is 0 Å². The first kappa shape index (κ1) is 20.7. The Kier molecular flexibility index (Phi) is 6.02. The van der Waals surface area contributed by atoms with Crippen molar-refractivity contribution in [3.63, 3.8) is 0 Å². The van der Waals surface area contributed by atoms with Crippen molar-refractivity contribution in [1.29, 1.82) is 0 Å². The number of benzene rings is 1. The molecular formula is C20H25N3O3S2. The summed E-state index contributed by atoms with van der Waals surface area (Å²) in [6.45, 7) is 9.85. The molecule has 2 unspecified atom stereocenters. The Morgan fingerprint density at radius 1 is 1.25 bits per heavy atom. The van der Waals surface area contributed by atoms with E-state index >= 15 is 0 Å². The number of rotatable bonds is 5. The van der Waals surface area contributed by atoms with Crippen LogP contribution in [0.25, 0.3) is 10.6 Å². The minimum atomic E-state index is -3.65. The molecule has 2 heterocycles. The predicted molar refractivity (Wildman–Crippen MR) is 112 cm³/mol. The molecule has 6 nitrogen and oxygen atoms in total. The Labute approximate surface area is 170 Å². The molecule has 1 fully saturated rings. The van der Waals surface area contributed by atoms with Crippen LogP contribution in [0, 0.1) is 18.8 Å². The van der Waals surface area contributed by atoms with Crippen molar-refractivity contribution in [2.24, 2.45) is 11.8 Å². The largest absolute Gasteiger partial charge is 0.349 e. The molecule has 3 rings (SSSR count). The highest BCUT2D eigenvalue weighted by Crippen LogP contribution is 2.35. The first-order valence-electron chi connectivity index (χ1n) is 9.20. The summed E-state index contributed by atoms with van der Waals surface area (Å²) in [6.07, 6.45) is 1.24. The van der Waals surface area contributed by atoms with Gasteiger partial charge in [0.2, 0.25) is 5.91 Å². The van der Waals surface area contributed by atoms with E-state index in [0.29, 0.717) is 28.0 Å². The molecule has 0 radical (unpaired) electrons. The molecular weight excluding hydrogens is 394 g/mol. The summed E-state index contributed by atoms with van der Waals surface area (Å²) in [5, 5.41) is 3.63. The molecule has 1 aliphatic heterocycles. The molecule has 1 amide bonds. The minimum absolute atomic E-state index is 0.00996. The molecule has 1 aromatic carbocycles. The number of aromatic nitrogens is 1. The van der Waals surface area contributed by atoms with Gasteiger partial charge < -0.3 is 5.32 Å². The van der Waals surface area contributed by atoms with Crippen molar-refractivity contribution < 1.29 is 13.2 Å². The normalized spacial score (nSPS) is 23.3.